The molecule has 3 heteroatoms. The molecule has 0 heterocycles. The summed E-state index contributed by atoms with van der Waals surface area (Å²) in [5, 5.41) is 0. The van der Waals surface area contributed by atoms with E-state index in [0.717, 1.165) is 38.8 Å². The van der Waals surface area contributed by atoms with Crippen LogP contribution in [0.1, 0.15) is 65.2 Å². The van der Waals surface area contributed by atoms with Crippen LogP contribution in [0.3, 0.4) is 0 Å². The van der Waals surface area contributed by atoms with E-state index in [9.17, 15) is 4.79 Å². The SMILES string of the molecule is CCCCN(CC)C(=O)CC1(N)CCCCC1. The highest BCUT2D eigenvalue weighted by atomic mass is 16.2. The lowest BCUT2D eigenvalue weighted by Gasteiger charge is -2.34. The summed E-state index contributed by atoms with van der Waals surface area (Å²) in [4.78, 5) is 14.2. The van der Waals surface area contributed by atoms with E-state index in [0.29, 0.717) is 6.42 Å². The van der Waals surface area contributed by atoms with Crippen molar-refractivity contribution in [1.82, 2.24) is 4.90 Å². The quantitative estimate of drug-likeness (QED) is 0.776. The van der Waals surface area contributed by atoms with E-state index in [2.05, 4.69) is 13.8 Å². The molecule has 0 saturated heterocycles. The average molecular weight is 240 g/mol. The van der Waals surface area contributed by atoms with Crippen LogP contribution in [0.4, 0.5) is 0 Å². The van der Waals surface area contributed by atoms with Crippen LogP contribution in [-0.4, -0.2) is 29.4 Å². The van der Waals surface area contributed by atoms with Gasteiger partial charge in [-0.05, 0) is 26.2 Å². The van der Waals surface area contributed by atoms with E-state index in [1.54, 1.807) is 0 Å². The molecule has 0 atom stereocenters. The molecule has 1 aliphatic rings. The van der Waals surface area contributed by atoms with Gasteiger partial charge in [-0.15, -0.1) is 0 Å². The molecule has 0 aliphatic heterocycles. The van der Waals surface area contributed by atoms with Gasteiger partial charge in [0.2, 0.25) is 5.91 Å². The third-order valence-corrected chi connectivity index (χ3v) is 3.87. The van der Waals surface area contributed by atoms with Crippen LogP contribution < -0.4 is 5.73 Å². The molecule has 0 spiro atoms. The van der Waals surface area contributed by atoms with Gasteiger partial charge in [0.1, 0.15) is 0 Å². The first kappa shape index (κ1) is 14.5. The molecule has 1 saturated carbocycles. The van der Waals surface area contributed by atoms with Gasteiger partial charge in [0.15, 0.2) is 0 Å². The third kappa shape index (κ3) is 4.66. The minimum absolute atomic E-state index is 0.213. The summed E-state index contributed by atoms with van der Waals surface area (Å²) in [7, 11) is 0. The number of carbonyl (C=O) groups excluding carboxylic acids is 1. The molecule has 1 amide bonds. The van der Waals surface area contributed by atoms with Crippen molar-refractivity contribution in [3.8, 4) is 0 Å². The Hall–Kier alpha value is -0.570. The second kappa shape index (κ2) is 7.00. The summed E-state index contributed by atoms with van der Waals surface area (Å²) in [6.07, 6.45) is 8.46. The lowest BCUT2D eigenvalue weighted by molar-refractivity contribution is -0.132. The van der Waals surface area contributed by atoms with Crippen LogP contribution in [0.15, 0.2) is 0 Å². The largest absolute Gasteiger partial charge is 0.343 e. The number of rotatable bonds is 6. The van der Waals surface area contributed by atoms with E-state index < -0.39 is 0 Å². The number of carbonyl (C=O) groups is 1. The Bertz CT molecular complexity index is 234. The summed E-state index contributed by atoms with van der Waals surface area (Å²) >= 11 is 0. The van der Waals surface area contributed by atoms with E-state index >= 15 is 0 Å². The fraction of sp³-hybridized carbons (Fsp3) is 0.929. The maximum atomic E-state index is 12.2. The summed E-state index contributed by atoms with van der Waals surface area (Å²) in [5.41, 5.74) is 6.12. The number of nitrogens with two attached hydrogens (primary N) is 1. The summed E-state index contributed by atoms with van der Waals surface area (Å²) in [5.74, 6) is 0.255. The Morgan fingerprint density at radius 1 is 1.24 bits per heavy atom. The second-order valence-electron chi connectivity index (χ2n) is 5.43. The van der Waals surface area contributed by atoms with E-state index in [4.69, 9.17) is 5.73 Å². The highest BCUT2D eigenvalue weighted by Crippen LogP contribution is 2.29. The van der Waals surface area contributed by atoms with Gasteiger partial charge in [0, 0.05) is 25.0 Å². The van der Waals surface area contributed by atoms with Crippen molar-refractivity contribution in [2.75, 3.05) is 13.1 Å². The van der Waals surface area contributed by atoms with Crippen LogP contribution in [0, 0.1) is 0 Å². The first-order chi connectivity index (χ1) is 8.11. The van der Waals surface area contributed by atoms with Gasteiger partial charge in [-0.3, -0.25) is 4.79 Å². The van der Waals surface area contributed by atoms with E-state index in [1.807, 2.05) is 4.90 Å². The van der Waals surface area contributed by atoms with Crippen molar-refractivity contribution in [3.63, 3.8) is 0 Å². The van der Waals surface area contributed by atoms with Crippen LogP contribution in [0.25, 0.3) is 0 Å². The van der Waals surface area contributed by atoms with Crippen LogP contribution >= 0.6 is 0 Å². The van der Waals surface area contributed by atoms with Gasteiger partial charge in [0.05, 0.1) is 0 Å². The van der Waals surface area contributed by atoms with Crippen molar-refractivity contribution in [1.29, 1.82) is 0 Å². The molecule has 0 aromatic heterocycles. The highest BCUT2D eigenvalue weighted by molar-refractivity contribution is 5.77. The van der Waals surface area contributed by atoms with Crippen molar-refractivity contribution < 1.29 is 4.79 Å². The molecule has 3 nitrogen and oxygen atoms in total. The Labute approximate surface area is 106 Å². The monoisotopic (exact) mass is 240 g/mol. The van der Waals surface area contributed by atoms with Crippen molar-refractivity contribution in [2.45, 2.75) is 70.8 Å². The highest BCUT2D eigenvalue weighted by Gasteiger charge is 2.31. The lowest BCUT2D eigenvalue weighted by atomic mass is 9.80. The van der Waals surface area contributed by atoms with Gasteiger partial charge in [-0.1, -0.05) is 32.6 Å². The average Bonchev–Trinajstić information content (AvgIpc) is 2.30. The molecule has 2 N–H and O–H groups in total. The second-order valence-corrected chi connectivity index (χ2v) is 5.43. The lowest BCUT2D eigenvalue weighted by Crippen LogP contribution is -2.47. The molecule has 0 aromatic rings. The minimum atomic E-state index is -0.213. The van der Waals surface area contributed by atoms with Crippen molar-refractivity contribution in [3.05, 3.63) is 0 Å². The fourth-order valence-corrected chi connectivity index (χ4v) is 2.65. The normalized spacial score (nSPS) is 19.0. The summed E-state index contributed by atoms with van der Waals surface area (Å²) in [6.45, 7) is 5.92. The van der Waals surface area contributed by atoms with Gasteiger partial charge >= 0.3 is 0 Å². The molecule has 0 unspecified atom stereocenters. The molecule has 0 radical (unpaired) electrons. The van der Waals surface area contributed by atoms with Crippen molar-refractivity contribution >= 4 is 5.91 Å². The Morgan fingerprint density at radius 2 is 1.88 bits per heavy atom. The molecular formula is C14H28N2O. The zero-order chi connectivity index (χ0) is 12.7. The van der Waals surface area contributed by atoms with Gasteiger partial charge in [-0.25, -0.2) is 0 Å². The standard InChI is InChI=1S/C14H28N2O/c1-3-5-11-16(4-2)13(17)12-14(15)9-7-6-8-10-14/h3-12,15H2,1-2H3. The third-order valence-electron chi connectivity index (χ3n) is 3.87. The number of amides is 1. The van der Waals surface area contributed by atoms with Crippen LogP contribution in [0.5, 0.6) is 0 Å². The summed E-state index contributed by atoms with van der Waals surface area (Å²) in [6, 6.07) is 0. The summed E-state index contributed by atoms with van der Waals surface area (Å²) < 4.78 is 0. The molecule has 1 rings (SSSR count). The predicted molar refractivity (Wildman–Crippen MR) is 71.8 cm³/mol. The first-order valence-corrected chi connectivity index (χ1v) is 7.18. The zero-order valence-electron chi connectivity index (χ0n) is 11.5. The van der Waals surface area contributed by atoms with Crippen LogP contribution in [0.2, 0.25) is 0 Å². The topological polar surface area (TPSA) is 46.3 Å². The number of hydrogen-bond donors (Lipinski definition) is 1. The Balaban J connectivity index is 2.44. The molecule has 0 bridgehead atoms. The number of unbranched alkanes of at least 4 members (excludes halogenated alkanes) is 1. The van der Waals surface area contributed by atoms with Crippen LogP contribution in [-0.2, 0) is 4.79 Å². The molecule has 17 heavy (non-hydrogen) atoms. The van der Waals surface area contributed by atoms with Crippen molar-refractivity contribution in [2.24, 2.45) is 5.73 Å². The number of nitrogens with zero attached hydrogens (tertiary/aromatic N) is 1. The minimum Gasteiger partial charge on any atom is -0.343 e. The Kier molecular flexibility index (Phi) is 5.96. The van der Waals surface area contributed by atoms with Gasteiger partial charge < -0.3 is 10.6 Å². The van der Waals surface area contributed by atoms with Gasteiger partial charge in [0.25, 0.3) is 0 Å². The van der Waals surface area contributed by atoms with Gasteiger partial charge in [-0.2, -0.15) is 0 Å². The van der Waals surface area contributed by atoms with E-state index in [1.165, 1.54) is 19.3 Å². The number of hydrogen-bond acceptors (Lipinski definition) is 2. The zero-order valence-corrected chi connectivity index (χ0v) is 11.5. The molecular weight excluding hydrogens is 212 g/mol. The molecule has 0 aromatic carbocycles. The predicted octanol–water partition coefficient (Wildman–Crippen LogP) is 2.69. The Morgan fingerprint density at radius 3 is 2.41 bits per heavy atom. The molecule has 1 fully saturated rings. The van der Waals surface area contributed by atoms with E-state index in [-0.39, 0.29) is 11.4 Å². The smallest absolute Gasteiger partial charge is 0.224 e. The maximum Gasteiger partial charge on any atom is 0.224 e. The fourth-order valence-electron chi connectivity index (χ4n) is 2.65. The first-order valence-electron chi connectivity index (χ1n) is 7.18. The molecule has 100 valence electrons. The molecule has 1 aliphatic carbocycles. The maximum absolute atomic E-state index is 12.2.